The zero-order chi connectivity index (χ0) is 22.8. The number of nitro benzene ring substituents is 1. The van der Waals surface area contributed by atoms with Gasteiger partial charge in [-0.15, -0.1) is 0 Å². The summed E-state index contributed by atoms with van der Waals surface area (Å²) in [5.41, 5.74) is 0.945. The molecule has 1 N–H and O–H groups in total. The first-order chi connectivity index (χ1) is 15.4. The third kappa shape index (κ3) is 3.95. The normalized spacial score (nSPS) is 17.5. The Kier molecular flexibility index (Phi) is 5.70. The number of non-ortho nitro benzene ring substituents is 1. The number of nitrogens with zero attached hydrogens (tertiary/aromatic N) is 3. The molecular weight excluding hydrogens is 434 g/mol. The summed E-state index contributed by atoms with van der Waals surface area (Å²) < 4.78 is 0. The Bertz CT molecular complexity index is 1240. The number of likely N-dealkylation sites (tertiary alicyclic amines) is 1. The van der Waals surface area contributed by atoms with Crippen LogP contribution in [0.25, 0.3) is 5.76 Å². The van der Waals surface area contributed by atoms with Gasteiger partial charge in [0.15, 0.2) is 0 Å². The molecule has 9 heteroatoms. The summed E-state index contributed by atoms with van der Waals surface area (Å²) >= 11 is 5.92. The van der Waals surface area contributed by atoms with Crippen molar-refractivity contribution in [2.24, 2.45) is 0 Å². The van der Waals surface area contributed by atoms with Gasteiger partial charge in [-0.3, -0.25) is 24.7 Å². The number of pyridine rings is 1. The van der Waals surface area contributed by atoms with Crippen LogP contribution in [0.15, 0.2) is 78.6 Å². The lowest BCUT2D eigenvalue weighted by Crippen LogP contribution is -2.29. The summed E-state index contributed by atoms with van der Waals surface area (Å²) in [5, 5.41) is 22.7. The summed E-state index contributed by atoms with van der Waals surface area (Å²) in [4.78, 5) is 42.0. The Balaban J connectivity index is 1.89. The monoisotopic (exact) mass is 449 g/mol. The summed E-state index contributed by atoms with van der Waals surface area (Å²) in [6, 6.07) is 14.2. The smallest absolute Gasteiger partial charge is 0.295 e. The number of hydrogen-bond donors (Lipinski definition) is 1. The Morgan fingerprint density at radius 1 is 1.12 bits per heavy atom. The molecule has 8 nitrogen and oxygen atoms in total. The van der Waals surface area contributed by atoms with Crippen LogP contribution >= 0.6 is 11.6 Å². The fourth-order valence-corrected chi connectivity index (χ4v) is 3.78. The molecular formula is C23H16ClN3O5. The first kappa shape index (κ1) is 21.2. The molecule has 160 valence electrons. The molecule has 4 rings (SSSR count). The summed E-state index contributed by atoms with van der Waals surface area (Å²) in [6.07, 6.45) is 3.14. The van der Waals surface area contributed by atoms with Crippen LogP contribution in [0, 0.1) is 10.1 Å². The van der Waals surface area contributed by atoms with Gasteiger partial charge >= 0.3 is 0 Å². The SMILES string of the molecule is O=C1C(=O)N(Cc2cccnc2)C(c2cccc([N+](=O)[O-])c2)/C1=C(\O)c1ccc(Cl)cc1. The number of amides is 1. The van der Waals surface area contributed by atoms with Crippen LogP contribution in [0.4, 0.5) is 5.69 Å². The van der Waals surface area contributed by atoms with Gasteiger partial charge in [0.25, 0.3) is 17.4 Å². The third-order valence-electron chi connectivity index (χ3n) is 5.13. The molecule has 0 aliphatic carbocycles. The largest absolute Gasteiger partial charge is 0.507 e. The third-order valence-corrected chi connectivity index (χ3v) is 5.38. The van der Waals surface area contributed by atoms with E-state index in [0.29, 0.717) is 21.7 Å². The second-order valence-corrected chi connectivity index (χ2v) is 7.58. The van der Waals surface area contributed by atoms with Gasteiger partial charge in [0.2, 0.25) is 0 Å². The molecule has 1 aliphatic heterocycles. The minimum absolute atomic E-state index is 0.0309. The van der Waals surface area contributed by atoms with Gasteiger partial charge in [0.1, 0.15) is 5.76 Å². The molecule has 1 aliphatic rings. The summed E-state index contributed by atoms with van der Waals surface area (Å²) in [6.45, 7) is 0.0309. The van der Waals surface area contributed by atoms with Crippen molar-refractivity contribution >= 4 is 34.7 Å². The minimum Gasteiger partial charge on any atom is -0.507 e. The lowest BCUT2D eigenvalue weighted by molar-refractivity contribution is -0.384. The Hall–Kier alpha value is -4.04. The molecule has 1 aromatic heterocycles. The van der Waals surface area contributed by atoms with Gasteiger partial charge < -0.3 is 10.0 Å². The van der Waals surface area contributed by atoms with Crippen molar-refractivity contribution in [2.75, 3.05) is 0 Å². The van der Waals surface area contributed by atoms with Gasteiger partial charge in [0.05, 0.1) is 16.5 Å². The fraction of sp³-hybridized carbons (Fsp3) is 0.0870. The van der Waals surface area contributed by atoms with E-state index >= 15 is 0 Å². The standard InChI is InChI=1S/C23H16ClN3O5/c24-17-8-6-15(7-9-17)21(28)19-20(16-4-1-5-18(11-16)27(31)32)26(23(30)22(19)29)13-14-3-2-10-25-12-14/h1-12,20,28H,13H2/b21-19+. The van der Waals surface area contributed by atoms with Crippen LogP contribution in [0.5, 0.6) is 0 Å². The van der Waals surface area contributed by atoms with Gasteiger partial charge in [-0.2, -0.15) is 0 Å². The number of nitro groups is 1. The van der Waals surface area contributed by atoms with Gasteiger partial charge in [-0.1, -0.05) is 29.8 Å². The highest BCUT2D eigenvalue weighted by Gasteiger charge is 2.46. The van der Waals surface area contributed by atoms with Crippen molar-refractivity contribution in [3.63, 3.8) is 0 Å². The molecule has 32 heavy (non-hydrogen) atoms. The Morgan fingerprint density at radius 3 is 2.53 bits per heavy atom. The van der Waals surface area contributed by atoms with E-state index in [0.717, 1.165) is 0 Å². The lowest BCUT2D eigenvalue weighted by Gasteiger charge is -2.25. The van der Waals surface area contributed by atoms with Crippen molar-refractivity contribution < 1.29 is 19.6 Å². The average molecular weight is 450 g/mol. The molecule has 2 heterocycles. The number of carbonyl (C=O) groups excluding carboxylic acids is 2. The van der Waals surface area contributed by atoms with Crippen LogP contribution in [-0.2, 0) is 16.1 Å². The van der Waals surface area contributed by atoms with Crippen molar-refractivity contribution in [3.05, 3.63) is 110 Å². The molecule has 0 saturated carbocycles. The number of aliphatic hydroxyl groups is 1. The predicted octanol–water partition coefficient (Wildman–Crippen LogP) is 4.27. The fourth-order valence-electron chi connectivity index (χ4n) is 3.65. The van der Waals surface area contributed by atoms with E-state index < -0.39 is 22.7 Å². The zero-order valence-corrected chi connectivity index (χ0v) is 17.3. The number of aromatic nitrogens is 1. The highest BCUT2D eigenvalue weighted by molar-refractivity contribution is 6.46. The Morgan fingerprint density at radius 2 is 1.88 bits per heavy atom. The molecule has 1 fully saturated rings. The predicted molar refractivity (Wildman–Crippen MR) is 117 cm³/mol. The number of hydrogen-bond acceptors (Lipinski definition) is 6. The van der Waals surface area contributed by atoms with Crippen molar-refractivity contribution in [1.29, 1.82) is 0 Å². The zero-order valence-electron chi connectivity index (χ0n) is 16.5. The number of benzene rings is 2. The second kappa shape index (κ2) is 8.60. The molecule has 0 spiro atoms. The van der Waals surface area contributed by atoms with Crippen LogP contribution in [0.1, 0.15) is 22.7 Å². The van der Waals surface area contributed by atoms with E-state index in [1.165, 1.54) is 35.2 Å². The lowest BCUT2D eigenvalue weighted by atomic mass is 9.95. The molecule has 2 aromatic carbocycles. The first-order valence-corrected chi connectivity index (χ1v) is 9.92. The second-order valence-electron chi connectivity index (χ2n) is 7.15. The van der Waals surface area contributed by atoms with E-state index in [1.807, 2.05) is 0 Å². The minimum atomic E-state index is -1.02. The van der Waals surface area contributed by atoms with Crippen molar-refractivity contribution in [2.45, 2.75) is 12.6 Å². The van der Waals surface area contributed by atoms with Crippen LogP contribution in [-0.4, -0.2) is 31.6 Å². The molecule has 0 bridgehead atoms. The first-order valence-electron chi connectivity index (χ1n) is 9.54. The molecule has 1 amide bonds. The molecule has 0 radical (unpaired) electrons. The highest BCUT2D eigenvalue weighted by atomic mass is 35.5. The van der Waals surface area contributed by atoms with E-state index in [-0.39, 0.29) is 23.6 Å². The van der Waals surface area contributed by atoms with Crippen LogP contribution in [0.3, 0.4) is 0 Å². The van der Waals surface area contributed by atoms with Gasteiger partial charge in [-0.05, 0) is 41.5 Å². The molecule has 1 saturated heterocycles. The maximum atomic E-state index is 13.0. The van der Waals surface area contributed by atoms with Gasteiger partial charge in [-0.25, -0.2) is 0 Å². The summed E-state index contributed by atoms with van der Waals surface area (Å²) in [7, 11) is 0. The van der Waals surface area contributed by atoms with E-state index in [4.69, 9.17) is 11.6 Å². The number of carbonyl (C=O) groups is 2. The van der Waals surface area contributed by atoms with E-state index in [1.54, 1.807) is 42.7 Å². The quantitative estimate of drug-likeness (QED) is 0.204. The number of ketones is 1. The number of aliphatic hydroxyl groups excluding tert-OH is 1. The summed E-state index contributed by atoms with van der Waals surface area (Å²) in [5.74, 6) is -2.08. The highest BCUT2D eigenvalue weighted by Crippen LogP contribution is 2.41. The van der Waals surface area contributed by atoms with Crippen LogP contribution in [0.2, 0.25) is 5.02 Å². The Labute approximate surface area is 187 Å². The van der Waals surface area contributed by atoms with Crippen molar-refractivity contribution in [3.8, 4) is 0 Å². The molecule has 1 unspecified atom stereocenters. The van der Waals surface area contributed by atoms with Crippen LogP contribution < -0.4 is 0 Å². The molecule has 1 atom stereocenters. The average Bonchev–Trinajstić information content (AvgIpc) is 3.05. The van der Waals surface area contributed by atoms with E-state index in [9.17, 15) is 24.8 Å². The van der Waals surface area contributed by atoms with Crippen molar-refractivity contribution in [1.82, 2.24) is 9.88 Å². The number of rotatable bonds is 5. The number of Topliss-reactive ketones (excluding diaryl/α,β-unsaturated/α-hetero) is 1. The topological polar surface area (TPSA) is 114 Å². The number of halogens is 1. The van der Waals surface area contributed by atoms with Gasteiger partial charge in [0, 0.05) is 41.7 Å². The molecule has 3 aromatic rings. The maximum absolute atomic E-state index is 13.0. The maximum Gasteiger partial charge on any atom is 0.295 e. The van der Waals surface area contributed by atoms with E-state index in [2.05, 4.69) is 4.98 Å².